The van der Waals surface area contributed by atoms with Gasteiger partial charge in [0.05, 0.1) is 13.2 Å². The molecule has 3 unspecified atom stereocenters. The average molecular weight is 926 g/mol. The number of carbonyl (C=O) groups is 3. The van der Waals surface area contributed by atoms with Crippen LogP contribution in [-0.4, -0.2) is 64.9 Å². The number of ether oxygens (including phenoxy) is 1. The summed E-state index contributed by atoms with van der Waals surface area (Å²) < 4.78 is 27.0. The second-order valence-electron chi connectivity index (χ2n) is 17.7. The van der Waals surface area contributed by atoms with Crippen LogP contribution in [0.3, 0.4) is 0 Å². The summed E-state index contributed by atoms with van der Waals surface area (Å²) in [5, 5.41) is 21.9. The maximum Gasteiger partial charge on any atom is 0.472 e. The number of hydrogen-bond donors (Lipinski definition) is 4. The van der Waals surface area contributed by atoms with Crippen molar-refractivity contribution in [1.82, 2.24) is 5.32 Å². The van der Waals surface area contributed by atoms with Gasteiger partial charge < -0.3 is 25.2 Å². The zero-order chi connectivity index (χ0) is 47.0. The van der Waals surface area contributed by atoms with Gasteiger partial charge in [0.25, 0.3) is 0 Å². The molecule has 0 rings (SSSR count). The van der Waals surface area contributed by atoms with Crippen LogP contribution >= 0.6 is 7.82 Å². The highest BCUT2D eigenvalue weighted by atomic mass is 31.2. The van der Waals surface area contributed by atoms with E-state index in [1.807, 2.05) is 0 Å². The lowest BCUT2D eigenvalue weighted by Gasteiger charge is -2.18. The molecule has 0 bridgehead atoms. The molecule has 0 aromatic rings. The van der Waals surface area contributed by atoms with E-state index in [1.165, 1.54) is 148 Å². The van der Waals surface area contributed by atoms with Crippen molar-refractivity contribution in [3.63, 3.8) is 0 Å². The van der Waals surface area contributed by atoms with Gasteiger partial charge in [0.1, 0.15) is 12.7 Å². The molecule has 12 heteroatoms. The Kier molecular flexibility index (Phi) is 45.5. The third-order valence-electron chi connectivity index (χ3n) is 11.4. The van der Waals surface area contributed by atoms with Crippen molar-refractivity contribution in [2.45, 2.75) is 257 Å². The highest BCUT2D eigenvalue weighted by molar-refractivity contribution is 7.47. The molecular weight excluding hydrogens is 830 g/mol. The van der Waals surface area contributed by atoms with Gasteiger partial charge >= 0.3 is 19.8 Å². The number of rotatable bonds is 49. The van der Waals surface area contributed by atoms with Gasteiger partial charge in [-0.25, -0.2) is 9.36 Å². The molecular formula is C52H96NO10P. The zero-order valence-electron chi connectivity index (χ0n) is 40.8. The predicted octanol–water partition coefficient (Wildman–Crippen LogP) is 14.3. The maximum absolute atomic E-state index is 12.4. The molecule has 11 nitrogen and oxygen atoms in total. The van der Waals surface area contributed by atoms with Crippen LogP contribution in [0.5, 0.6) is 0 Å². The zero-order valence-corrected chi connectivity index (χ0v) is 41.7. The number of phosphoric acid groups is 1. The van der Waals surface area contributed by atoms with E-state index in [0.29, 0.717) is 12.8 Å². The lowest BCUT2D eigenvalue weighted by Crippen LogP contribution is -2.43. The number of carboxylic acid groups (broad SMARTS) is 1. The molecule has 0 radical (unpaired) electrons. The van der Waals surface area contributed by atoms with Crippen molar-refractivity contribution < 1.29 is 47.8 Å². The fraction of sp³-hybridized carbons (Fsp3) is 0.827. The Hall–Kier alpha value is -2.30. The van der Waals surface area contributed by atoms with Crippen LogP contribution < -0.4 is 5.32 Å². The van der Waals surface area contributed by atoms with Crippen LogP contribution in [0.2, 0.25) is 0 Å². The van der Waals surface area contributed by atoms with Crippen LogP contribution in [0.1, 0.15) is 245 Å². The number of aliphatic hydroxyl groups is 1. The summed E-state index contributed by atoms with van der Waals surface area (Å²) in [6.07, 6.45) is 53.0. The van der Waals surface area contributed by atoms with Crippen molar-refractivity contribution in [3.05, 3.63) is 36.5 Å². The molecule has 0 fully saturated rings. The number of nitrogens with one attached hydrogen (secondary N) is 1. The Balaban J connectivity index is 3.82. The molecule has 0 aromatic heterocycles. The molecule has 64 heavy (non-hydrogen) atoms. The van der Waals surface area contributed by atoms with E-state index < -0.39 is 57.6 Å². The lowest BCUT2D eigenvalue weighted by molar-refractivity contribution is -0.147. The van der Waals surface area contributed by atoms with Crippen molar-refractivity contribution in [2.75, 3.05) is 19.8 Å². The fourth-order valence-electron chi connectivity index (χ4n) is 7.38. The molecule has 0 aliphatic rings. The van der Waals surface area contributed by atoms with E-state index in [9.17, 15) is 34.1 Å². The number of hydrogen-bond acceptors (Lipinski definition) is 8. The highest BCUT2D eigenvalue weighted by Gasteiger charge is 2.28. The summed E-state index contributed by atoms with van der Waals surface area (Å²) in [4.78, 5) is 46.1. The van der Waals surface area contributed by atoms with Gasteiger partial charge in [-0.05, 0) is 51.4 Å². The summed E-state index contributed by atoms with van der Waals surface area (Å²) in [5.41, 5.74) is 0. The summed E-state index contributed by atoms with van der Waals surface area (Å²) in [6, 6.07) is -1.55. The maximum atomic E-state index is 12.4. The molecule has 4 N–H and O–H groups in total. The first kappa shape index (κ1) is 61.7. The first-order valence-corrected chi connectivity index (χ1v) is 27.5. The van der Waals surface area contributed by atoms with E-state index >= 15 is 0 Å². The monoisotopic (exact) mass is 926 g/mol. The van der Waals surface area contributed by atoms with Gasteiger partial charge in [-0.2, -0.15) is 0 Å². The summed E-state index contributed by atoms with van der Waals surface area (Å²) >= 11 is 0. The standard InChI is InChI=1S/C52H96NO10P/c1-3-5-7-9-11-13-15-17-19-21-23-24-26-28-30-32-34-36-38-40-42-44-51(56)61-45-48(54)46-62-64(59,60)63-47-49(52(57)58)53-50(55)43-41-39-37-35-33-31-29-27-25-22-20-18-16-14-12-10-8-6-4-2/h11,13,17,19,23-24,48-49,54H,3-10,12,14-16,18,20-22,25-47H2,1-2H3,(H,53,55)(H,57,58)(H,59,60)/b13-11-,19-17-,24-23-. The third kappa shape index (κ3) is 46.2. The Morgan fingerprint density at radius 3 is 1.31 bits per heavy atom. The number of aliphatic hydroxyl groups excluding tert-OH is 1. The number of carboxylic acids is 1. The third-order valence-corrected chi connectivity index (χ3v) is 12.4. The second-order valence-corrected chi connectivity index (χ2v) is 19.2. The normalized spacial score (nSPS) is 13.8. The Bertz CT molecular complexity index is 1220. The SMILES string of the molecule is CCCCC/C=C\C/C=C\C/C=C\CCCCCCCCCCC(=O)OCC(O)COP(=O)(O)OCC(NC(=O)CCCCCCCCCCCCCCCCCCCCC)C(=O)O. The molecule has 0 saturated heterocycles. The molecule has 0 aromatic carbocycles. The minimum atomic E-state index is -4.76. The van der Waals surface area contributed by atoms with E-state index in [1.54, 1.807) is 0 Å². The average Bonchev–Trinajstić information content (AvgIpc) is 3.27. The molecule has 0 aliphatic heterocycles. The minimum Gasteiger partial charge on any atom is -0.480 e. The molecule has 1 amide bonds. The fourth-order valence-corrected chi connectivity index (χ4v) is 8.16. The van der Waals surface area contributed by atoms with Crippen LogP contribution in [0.25, 0.3) is 0 Å². The summed E-state index contributed by atoms with van der Waals surface area (Å²) in [7, 11) is -4.76. The lowest BCUT2D eigenvalue weighted by atomic mass is 10.0. The largest absolute Gasteiger partial charge is 0.480 e. The van der Waals surface area contributed by atoms with Gasteiger partial charge in [-0.1, -0.05) is 217 Å². The van der Waals surface area contributed by atoms with Crippen LogP contribution in [0.15, 0.2) is 36.5 Å². The van der Waals surface area contributed by atoms with Crippen molar-refractivity contribution in [3.8, 4) is 0 Å². The predicted molar refractivity (Wildman–Crippen MR) is 263 cm³/mol. The Morgan fingerprint density at radius 2 is 0.859 bits per heavy atom. The number of carbonyl (C=O) groups excluding carboxylic acids is 2. The van der Waals surface area contributed by atoms with Crippen LogP contribution in [0.4, 0.5) is 0 Å². The number of unbranched alkanes of at least 4 members (excludes halogenated alkanes) is 29. The first-order chi connectivity index (χ1) is 31.1. The Labute approximate surface area is 391 Å². The summed E-state index contributed by atoms with van der Waals surface area (Å²) in [5.74, 6) is -2.37. The van der Waals surface area contributed by atoms with Gasteiger partial charge in [-0.3, -0.25) is 18.6 Å². The van der Waals surface area contributed by atoms with E-state index in [-0.39, 0.29) is 12.8 Å². The van der Waals surface area contributed by atoms with Gasteiger partial charge in [0.15, 0.2) is 6.04 Å². The van der Waals surface area contributed by atoms with Crippen molar-refractivity contribution >= 4 is 25.7 Å². The second kappa shape index (κ2) is 47.2. The Morgan fingerprint density at radius 1 is 0.500 bits per heavy atom. The topological polar surface area (TPSA) is 169 Å². The quantitative estimate of drug-likeness (QED) is 0.0199. The summed E-state index contributed by atoms with van der Waals surface area (Å²) in [6.45, 7) is 2.60. The molecule has 3 atom stereocenters. The highest BCUT2D eigenvalue weighted by Crippen LogP contribution is 2.43. The smallest absolute Gasteiger partial charge is 0.472 e. The van der Waals surface area contributed by atoms with Gasteiger partial charge in [0, 0.05) is 12.8 Å². The molecule has 0 heterocycles. The molecule has 0 spiro atoms. The number of esters is 1. The van der Waals surface area contributed by atoms with Crippen molar-refractivity contribution in [2.24, 2.45) is 0 Å². The first-order valence-electron chi connectivity index (χ1n) is 26.0. The van der Waals surface area contributed by atoms with Crippen LogP contribution in [-0.2, 0) is 32.7 Å². The van der Waals surface area contributed by atoms with E-state index in [2.05, 4.69) is 55.6 Å². The number of allylic oxidation sites excluding steroid dienone is 6. The minimum absolute atomic E-state index is 0.149. The van der Waals surface area contributed by atoms with Gasteiger partial charge in [0.2, 0.25) is 5.91 Å². The molecule has 374 valence electrons. The van der Waals surface area contributed by atoms with E-state index in [4.69, 9.17) is 13.8 Å². The molecule has 0 aliphatic carbocycles. The van der Waals surface area contributed by atoms with E-state index in [0.717, 1.165) is 57.8 Å². The van der Waals surface area contributed by atoms with Crippen molar-refractivity contribution in [1.29, 1.82) is 0 Å². The van der Waals surface area contributed by atoms with Gasteiger partial charge in [-0.15, -0.1) is 0 Å². The number of aliphatic carboxylic acids is 1. The number of phosphoric ester groups is 1. The van der Waals surface area contributed by atoms with Crippen LogP contribution in [0, 0.1) is 0 Å². The number of amides is 1. The molecule has 0 saturated carbocycles.